The van der Waals surface area contributed by atoms with E-state index in [0.29, 0.717) is 6.42 Å². The van der Waals surface area contributed by atoms with Crippen LogP contribution >= 0.6 is 0 Å². The van der Waals surface area contributed by atoms with Gasteiger partial charge in [0.05, 0.1) is 0 Å². The van der Waals surface area contributed by atoms with Crippen LogP contribution in [0.5, 0.6) is 0 Å². The van der Waals surface area contributed by atoms with E-state index >= 15 is 0 Å². The zero-order valence-corrected chi connectivity index (χ0v) is 11.5. The number of carbonyl (C=O) groups excluding carboxylic acids is 1. The molecule has 0 aliphatic heterocycles. The van der Waals surface area contributed by atoms with Crippen LogP contribution in [0.25, 0.3) is 0 Å². The molecular weight excluding hydrogens is 224 g/mol. The Morgan fingerprint density at radius 3 is 2.12 bits per heavy atom. The summed E-state index contributed by atoms with van der Waals surface area (Å²) >= 11 is 0. The van der Waals surface area contributed by atoms with E-state index in [0.717, 1.165) is 0 Å². The molecule has 0 bridgehead atoms. The first-order valence-electron chi connectivity index (χ1n) is 5.54. The molecule has 1 amide bonds. The average molecular weight is 246 g/mol. The Balaban J connectivity index is 4.40. The molecule has 0 fully saturated rings. The minimum atomic E-state index is -2.03. The van der Waals surface area contributed by atoms with Crippen molar-refractivity contribution in [3.8, 4) is 0 Å². The third kappa shape index (κ3) is 5.27. The molecule has 4 N–H and O–H groups in total. The van der Waals surface area contributed by atoms with E-state index in [1.54, 1.807) is 0 Å². The van der Waals surface area contributed by atoms with E-state index in [1.165, 1.54) is 0 Å². The first kappa shape index (κ1) is 15.1. The third-order valence-corrected chi connectivity index (χ3v) is 4.55. The van der Waals surface area contributed by atoms with Crippen LogP contribution in [0.3, 0.4) is 0 Å². The monoisotopic (exact) mass is 246 g/mol. The second kappa shape index (κ2) is 6.65. The van der Waals surface area contributed by atoms with Gasteiger partial charge in [0.25, 0.3) is 0 Å². The van der Waals surface area contributed by atoms with Crippen LogP contribution in [-0.2, 0) is 4.79 Å². The normalized spacial score (nSPS) is 14.9. The fraction of sp³-hybridized carbons (Fsp3) is 0.800. The van der Waals surface area contributed by atoms with Crippen molar-refractivity contribution in [1.82, 2.24) is 5.32 Å². The van der Waals surface area contributed by atoms with E-state index in [2.05, 4.69) is 5.32 Å². The standard InChI is InChI=1S/C10H22N2O3Si/c1-6(2)5-8(9(13)14)12-10(15)16(11)7(3)4/h6-8,16H,5,11H2,1-4H3,(H,12,15)(H,13,14)/t8-,16-/m0/s1. The van der Waals surface area contributed by atoms with Crippen LogP contribution in [0.1, 0.15) is 34.1 Å². The molecule has 5 nitrogen and oxygen atoms in total. The van der Waals surface area contributed by atoms with Crippen molar-refractivity contribution in [2.75, 3.05) is 0 Å². The molecule has 0 saturated carbocycles. The number of rotatable bonds is 6. The molecular formula is C10H22N2O3Si. The van der Waals surface area contributed by atoms with Crippen LogP contribution in [0.15, 0.2) is 0 Å². The Kier molecular flexibility index (Phi) is 6.28. The van der Waals surface area contributed by atoms with Crippen molar-refractivity contribution in [2.45, 2.75) is 45.7 Å². The molecule has 2 atom stereocenters. The Hall–Kier alpha value is -0.883. The van der Waals surface area contributed by atoms with Crippen LogP contribution < -0.4 is 10.7 Å². The number of amides is 1. The first-order valence-corrected chi connectivity index (χ1v) is 7.45. The van der Waals surface area contributed by atoms with Crippen molar-refractivity contribution in [2.24, 2.45) is 11.3 Å². The fourth-order valence-electron chi connectivity index (χ4n) is 1.26. The maximum absolute atomic E-state index is 11.6. The summed E-state index contributed by atoms with van der Waals surface area (Å²) in [6.45, 7) is 7.60. The summed E-state index contributed by atoms with van der Waals surface area (Å²) in [7, 11) is -2.03. The predicted octanol–water partition coefficient (Wildman–Crippen LogP) is 0.869. The molecule has 0 unspecified atom stereocenters. The number of aliphatic carboxylic acids is 1. The number of nitrogens with one attached hydrogen (secondary N) is 1. The van der Waals surface area contributed by atoms with Gasteiger partial charge >= 0.3 is 5.97 Å². The topological polar surface area (TPSA) is 92.4 Å². The highest BCUT2D eigenvalue weighted by atomic mass is 28.3. The lowest BCUT2D eigenvalue weighted by molar-refractivity contribution is -0.139. The van der Waals surface area contributed by atoms with Gasteiger partial charge in [0.15, 0.2) is 0 Å². The second-order valence-electron chi connectivity index (χ2n) is 4.80. The molecule has 0 aromatic carbocycles. The van der Waals surface area contributed by atoms with Gasteiger partial charge in [-0.1, -0.05) is 27.7 Å². The number of carbonyl (C=O) groups is 2. The maximum atomic E-state index is 11.6. The van der Waals surface area contributed by atoms with Crippen LogP contribution in [0.2, 0.25) is 5.54 Å². The summed E-state index contributed by atoms with van der Waals surface area (Å²) < 4.78 is 0. The molecule has 94 valence electrons. The zero-order chi connectivity index (χ0) is 12.9. The van der Waals surface area contributed by atoms with Crippen molar-refractivity contribution < 1.29 is 14.7 Å². The van der Waals surface area contributed by atoms with E-state index in [4.69, 9.17) is 10.5 Å². The predicted molar refractivity (Wildman–Crippen MR) is 65.8 cm³/mol. The molecule has 0 aliphatic rings. The molecule has 0 radical (unpaired) electrons. The lowest BCUT2D eigenvalue weighted by atomic mass is 10.0. The SMILES string of the molecule is CC(C)C[C@H](NC(=O)[Si@@H](N)C(C)C)C(=O)O. The molecule has 16 heavy (non-hydrogen) atoms. The average Bonchev–Trinajstić information content (AvgIpc) is 2.14. The van der Waals surface area contributed by atoms with Crippen LogP contribution in [0, 0.1) is 5.92 Å². The summed E-state index contributed by atoms with van der Waals surface area (Å²) in [5.41, 5.74) is -0.128. The first-order chi connectivity index (χ1) is 7.25. The van der Waals surface area contributed by atoms with E-state index in [-0.39, 0.29) is 17.0 Å². The highest BCUT2D eigenvalue weighted by Gasteiger charge is 2.26. The van der Waals surface area contributed by atoms with E-state index in [1.807, 2.05) is 27.7 Å². The molecule has 0 aromatic rings. The van der Waals surface area contributed by atoms with Gasteiger partial charge in [0.2, 0.25) is 14.5 Å². The van der Waals surface area contributed by atoms with E-state index in [9.17, 15) is 9.59 Å². The van der Waals surface area contributed by atoms with Gasteiger partial charge in [0, 0.05) is 0 Å². The molecule has 0 spiro atoms. The van der Waals surface area contributed by atoms with Gasteiger partial charge in [-0.15, -0.1) is 0 Å². The molecule has 6 heteroatoms. The van der Waals surface area contributed by atoms with Crippen molar-refractivity contribution in [1.29, 1.82) is 0 Å². The van der Waals surface area contributed by atoms with Crippen LogP contribution in [0.4, 0.5) is 4.79 Å². The summed E-state index contributed by atoms with van der Waals surface area (Å²) in [6, 6.07) is -0.815. The number of carboxylic acids is 1. The van der Waals surface area contributed by atoms with Gasteiger partial charge < -0.3 is 15.8 Å². The lowest BCUT2D eigenvalue weighted by Gasteiger charge is -2.19. The summed E-state index contributed by atoms with van der Waals surface area (Å²) in [5, 5.41) is 17.3. The minimum absolute atomic E-state index is 0.133. The van der Waals surface area contributed by atoms with Crippen molar-refractivity contribution in [3.05, 3.63) is 0 Å². The highest BCUT2D eigenvalue weighted by Crippen LogP contribution is 2.07. The number of carboxylic acid groups (broad SMARTS) is 1. The van der Waals surface area contributed by atoms with E-state index < -0.39 is 21.0 Å². The lowest BCUT2D eigenvalue weighted by Crippen LogP contribution is -2.51. The third-order valence-electron chi connectivity index (χ3n) is 2.34. The Morgan fingerprint density at radius 1 is 1.31 bits per heavy atom. The molecule has 0 aliphatic carbocycles. The van der Waals surface area contributed by atoms with Crippen molar-refractivity contribution in [3.63, 3.8) is 0 Å². The summed E-state index contributed by atoms with van der Waals surface area (Å²) in [5.74, 6) is -0.773. The smallest absolute Gasteiger partial charge is 0.326 e. The summed E-state index contributed by atoms with van der Waals surface area (Å²) in [4.78, 5) is 22.6. The fourth-order valence-corrected chi connectivity index (χ4v) is 2.26. The van der Waals surface area contributed by atoms with Gasteiger partial charge in [-0.05, 0) is 17.9 Å². The van der Waals surface area contributed by atoms with Gasteiger partial charge in [-0.2, -0.15) is 0 Å². The number of hydrogen-bond donors (Lipinski definition) is 3. The second-order valence-corrected chi connectivity index (χ2v) is 7.71. The quantitative estimate of drug-likeness (QED) is 0.606. The molecule has 0 aromatic heterocycles. The van der Waals surface area contributed by atoms with Crippen LogP contribution in [-0.4, -0.2) is 31.6 Å². The maximum Gasteiger partial charge on any atom is 0.326 e. The van der Waals surface area contributed by atoms with Crippen molar-refractivity contribution >= 4 is 20.5 Å². The molecule has 0 rings (SSSR count). The summed E-state index contributed by atoms with van der Waals surface area (Å²) in [6.07, 6.45) is 0.431. The molecule has 0 heterocycles. The Morgan fingerprint density at radius 2 is 1.81 bits per heavy atom. The van der Waals surface area contributed by atoms with Gasteiger partial charge in [0.1, 0.15) is 6.04 Å². The van der Waals surface area contributed by atoms with Gasteiger partial charge in [-0.3, -0.25) is 4.79 Å². The Labute approximate surface area is 98.1 Å². The zero-order valence-electron chi connectivity index (χ0n) is 10.4. The molecule has 0 saturated heterocycles. The highest BCUT2D eigenvalue weighted by molar-refractivity contribution is 6.88. The Bertz CT molecular complexity index is 256. The number of hydrogen-bond acceptors (Lipinski definition) is 3. The minimum Gasteiger partial charge on any atom is -0.480 e. The largest absolute Gasteiger partial charge is 0.480 e. The van der Waals surface area contributed by atoms with Gasteiger partial charge in [-0.25, -0.2) is 4.79 Å². The number of nitrogens with two attached hydrogens (primary N) is 1.